The fourth-order valence-electron chi connectivity index (χ4n) is 3.03. The van der Waals surface area contributed by atoms with E-state index < -0.39 is 9.84 Å². The molecule has 0 radical (unpaired) electrons. The fraction of sp³-hybridized carbons (Fsp3) is 0.562. The molecule has 1 saturated carbocycles. The van der Waals surface area contributed by atoms with Crippen molar-refractivity contribution in [1.29, 1.82) is 0 Å². The Morgan fingerprint density at radius 2 is 2.22 bits per heavy atom. The number of hydrogen-bond acceptors (Lipinski definition) is 3. The second kappa shape index (κ2) is 6.69. The smallest absolute Gasteiger partial charge is 0.191 e. The highest BCUT2D eigenvalue weighted by molar-refractivity contribution is 7.91. The zero-order valence-corrected chi connectivity index (χ0v) is 14.7. The number of nitrogens with zero attached hydrogens (tertiary/aromatic N) is 1. The molecule has 23 heavy (non-hydrogen) atoms. The first kappa shape index (κ1) is 16.6. The zero-order chi connectivity index (χ0) is 16.4. The number of benzene rings is 1. The van der Waals surface area contributed by atoms with E-state index in [9.17, 15) is 8.42 Å². The Balaban J connectivity index is 1.58. The Labute approximate surface area is 142 Å². The maximum absolute atomic E-state index is 11.6. The van der Waals surface area contributed by atoms with Crippen molar-refractivity contribution < 1.29 is 8.42 Å². The Kier molecular flexibility index (Phi) is 4.82. The van der Waals surface area contributed by atoms with E-state index in [1.165, 1.54) is 5.56 Å². The monoisotopic (exact) mass is 355 g/mol. The van der Waals surface area contributed by atoms with Crippen LogP contribution >= 0.6 is 11.6 Å². The molecule has 2 fully saturated rings. The molecule has 2 aliphatic rings. The minimum Gasteiger partial charge on any atom is -0.353 e. The number of aliphatic imine (C=N–C) groups is 1. The lowest BCUT2D eigenvalue weighted by Crippen LogP contribution is -2.45. The van der Waals surface area contributed by atoms with E-state index in [2.05, 4.69) is 21.7 Å². The standard InChI is InChI=1S/C16H22ClN3O2S/c1-2-18-16(19-13-6-7-23(21,22)10-13)20-15-9-14(15)11-4-3-5-12(17)8-11/h3-5,8,13-15H,2,6-7,9-10H2,1H3,(H2,18,19,20). The molecule has 0 amide bonds. The van der Waals surface area contributed by atoms with E-state index in [0.29, 0.717) is 30.9 Å². The number of nitrogens with one attached hydrogen (secondary N) is 2. The molecule has 0 aromatic heterocycles. The second-order valence-corrected chi connectivity index (χ2v) is 8.88. The molecule has 5 nitrogen and oxygen atoms in total. The van der Waals surface area contributed by atoms with Crippen LogP contribution in [-0.2, 0) is 9.84 Å². The average Bonchev–Trinajstić information content (AvgIpc) is 3.16. The summed E-state index contributed by atoms with van der Waals surface area (Å²) < 4.78 is 23.1. The molecule has 7 heteroatoms. The summed E-state index contributed by atoms with van der Waals surface area (Å²) in [4.78, 5) is 4.43. The topological polar surface area (TPSA) is 70.6 Å². The third kappa shape index (κ3) is 4.38. The first-order valence-electron chi connectivity index (χ1n) is 8.00. The van der Waals surface area contributed by atoms with Crippen LogP contribution in [0.25, 0.3) is 0 Å². The molecule has 1 saturated heterocycles. The van der Waals surface area contributed by atoms with Gasteiger partial charge in [-0.1, -0.05) is 23.7 Å². The van der Waals surface area contributed by atoms with Gasteiger partial charge in [0.15, 0.2) is 15.8 Å². The lowest BCUT2D eigenvalue weighted by Gasteiger charge is -2.16. The van der Waals surface area contributed by atoms with Gasteiger partial charge in [-0.25, -0.2) is 8.42 Å². The van der Waals surface area contributed by atoms with Gasteiger partial charge in [0.05, 0.1) is 11.5 Å². The fourth-order valence-corrected chi connectivity index (χ4v) is 4.90. The van der Waals surface area contributed by atoms with Crippen LogP contribution in [0.4, 0.5) is 0 Å². The van der Waals surface area contributed by atoms with Crippen LogP contribution in [-0.4, -0.2) is 44.5 Å². The van der Waals surface area contributed by atoms with E-state index in [0.717, 1.165) is 11.4 Å². The molecule has 0 spiro atoms. The van der Waals surface area contributed by atoms with Crippen LogP contribution in [0, 0.1) is 0 Å². The summed E-state index contributed by atoms with van der Waals surface area (Å²) >= 11 is 6.05. The van der Waals surface area contributed by atoms with Gasteiger partial charge in [0.2, 0.25) is 0 Å². The van der Waals surface area contributed by atoms with Crippen LogP contribution in [0.15, 0.2) is 29.3 Å². The van der Waals surface area contributed by atoms with E-state index in [1.54, 1.807) is 0 Å². The van der Waals surface area contributed by atoms with Crippen LogP contribution in [0.5, 0.6) is 0 Å². The van der Waals surface area contributed by atoms with Crippen molar-refractivity contribution in [2.24, 2.45) is 4.99 Å². The first-order chi connectivity index (χ1) is 11.0. The molecule has 1 aliphatic heterocycles. The number of hydrogen-bond donors (Lipinski definition) is 2. The number of halogens is 1. The molecule has 3 rings (SSSR count). The lowest BCUT2D eigenvalue weighted by atomic mass is 10.1. The Morgan fingerprint density at radius 3 is 2.87 bits per heavy atom. The van der Waals surface area contributed by atoms with Crippen molar-refractivity contribution in [3.63, 3.8) is 0 Å². The van der Waals surface area contributed by atoms with Gasteiger partial charge in [0, 0.05) is 29.6 Å². The van der Waals surface area contributed by atoms with Crippen molar-refractivity contribution in [1.82, 2.24) is 10.6 Å². The third-order valence-corrected chi connectivity index (χ3v) is 6.28. The predicted molar refractivity (Wildman–Crippen MR) is 93.9 cm³/mol. The van der Waals surface area contributed by atoms with Crippen molar-refractivity contribution >= 4 is 27.4 Å². The molecule has 1 aromatic carbocycles. The van der Waals surface area contributed by atoms with E-state index in [4.69, 9.17) is 11.6 Å². The van der Waals surface area contributed by atoms with E-state index in [1.807, 2.05) is 25.1 Å². The van der Waals surface area contributed by atoms with Crippen molar-refractivity contribution in [3.8, 4) is 0 Å². The minimum atomic E-state index is -2.89. The first-order valence-corrected chi connectivity index (χ1v) is 10.2. The lowest BCUT2D eigenvalue weighted by molar-refractivity contribution is 0.599. The molecule has 3 atom stereocenters. The van der Waals surface area contributed by atoms with Gasteiger partial charge in [-0.05, 0) is 37.5 Å². The second-order valence-electron chi connectivity index (χ2n) is 6.22. The van der Waals surface area contributed by atoms with Gasteiger partial charge < -0.3 is 10.6 Å². The van der Waals surface area contributed by atoms with Gasteiger partial charge in [0.1, 0.15) is 0 Å². The maximum Gasteiger partial charge on any atom is 0.191 e. The zero-order valence-electron chi connectivity index (χ0n) is 13.1. The quantitative estimate of drug-likeness (QED) is 0.639. The van der Waals surface area contributed by atoms with Crippen LogP contribution in [0.1, 0.15) is 31.2 Å². The van der Waals surface area contributed by atoms with Gasteiger partial charge in [-0.15, -0.1) is 0 Å². The molecule has 126 valence electrons. The highest BCUT2D eigenvalue weighted by atomic mass is 35.5. The predicted octanol–water partition coefficient (Wildman–Crippen LogP) is 1.94. The third-order valence-electron chi connectivity index (χ3n) is 4.28. The minimum absolute atomic E-state index is 0.0406. The van der Waals surface area contributed by atoms with Crippen molar-refractivity contribution in [3.05, 3.63) is 34.9 Å². The van der Waals surface area contributed by atoms with Gasteiger partial charge >= 0.3 is 0 Å². The summed E-state index contributed by atoms with van der Waals surface area (Å²) in [5, 5.41) is 7.43. The van der Waals surface area contributed by atoms with Crippen molar-refractivity contribution in [2.75, 3.05) is 18.1 Å². The van der Waals surface area contributed by atoms with Crippen LogP contribution in [0.3, 0.4) is 0 Å². The van der Waals surface area contributed by atoms with Crippen LogP contribution in [0.2, 0.25) is 5.02 Å². The Bertz CT molecular complexity index is 705. The SMILES string of the molecule is CCN=C(NC1CCS(=O)(=O)C1)NC1CC1c1cccc(Cl)c1. The molecule has 1 aliphatic carbocycles. The summed E-state index contributed by atoms with van der Waals surface area (Å²) in [6.45, 7) is 2.62. The van der Waals surface area contributed by atoms with Gasteiger partial charge in [0.25, 0.3) is 0 Å². The Morgan fingerprint density at radius 1 is 1.39 bits per heavy atom. The van der Waals surface area contributed by atoms with E-state index in [-0.39, 0.29) is 17.5 Å². The van der Waals surface area contributed by atoms with E-state index >= 15 is 0 Å². The average molecular weight is 356 g/mol. The molecule has 0 bridgehead atoms. The highest BCUT2D eigenvalue weighted by Gasteiger charge is 2.39. The summed E-state index contributed by atoms with van der Waals surface area (Å²) in [5.41, 5.74) is 1.23. The van der Waals surface area contributed by atoms with Gasteiger partial charge in [-0.2, -0.15) is 0 Å². The maximum atomic E-state index is 11.6. The molecule has 2 N–H and O–H groups in total. The Hall–Kier alpha value is -1.27. The number of rotatable bonds is 4. The summed E-state index contributed by atoms with van der Waals surface area (Å²) in [7, 11) is -2.89. The largest absolute Gasteiger partial charge is 0.353 e. The summed E-state index contributed by atoms with van der Waals surface area (Å²) in [6, 6.07) is 8.22. The molecular weight excluding hydrogens is 334 g/mol. The molecular formula is C16H22ClN3O2S. The van der Waals surface area contributed by atoms with Gasteiger partial charge in [-0.3, -0.25) is 4.99 Å². The number of sulfone groups is 1. The van der Waals surface area contributed by atoms with Crippen LogP contribution < -0.4 is 10.6 Å². The normalized spacial score (nSPS) is 29.3. The molecule has 1 heterocycles. The number of guanidine groups is 1. The highest BCUT2D eigenvalue weighted by Crippen LogP contribution is 2.41. The van der Waals surface area contributed by atoms with Crippen molar-refractivity contribution in [2.45, 2.75) is 37.8 Å². The summed E-state index contributed by atoms with van der Waals surface area (Å²) in [5.74, 6) is 1.60. The molecule has 1 aromatic rings. The molecule has 3 unspecified atom stereocenters. The summed E-state index contributed by atoms with van der Waals surface area (Å²) in [6.07, 6.45) is 1.68.